The molecule has 4 heteroatoms. The predicted molar refractivity (Wildman–Crippen MR) is 79.4 cm³/mol. The number of ether oxygens (including phenoxy) is 1. The van der Waals surface area contributed by atoms with Gasteiger partial charge in [-0.15, -0.1) is 0 Å². The molecule has 1 unspecified atom stereocenters. The van der Waals surface area contributed by atoms with Crippen molar-refractivity contribution in [1.82, 2.24) is 4.90 Å². The maximum atomic E-state index is 12.6. The van der Waals surface area contributed by atoms with Crippen LogP contribution in [0.3, 0.4) is 0 Å². The summed E-state index contributed by atoms with van der Waals surface area (Å²) in [5.74, 6) is -0.941. The summed E-state index contributed by atoms with van der Waals surface area (Å²) >= 11 is 0. The first kappa shape index (κ1) is 17.2. The molecule has 0 aromatic carbocycles. The minimum absolute atomic E-state index is 0.0635. The van der Waals surface area contributed by atoms with Crippen LogP contribution < -0.4 is 0 Å². The van der Waals surface area contributed by atoms with Gasteiger partial charge < -0.3 is 9.64 Å². The van der Waals surface area contributed by atoms with Gasteiger partial charge in [0.15, 0.2) is 0 Å². The lowest BCUT2D eigenvalue weighted by Crippen LogP contribution is -2.66. The van der Waals surface area contributed by atoms with Crippen LogP contribution in [-0.2, 0) is 14.3 Å². The molecule has 0 bridgehead atoms. The number of amides is 1. The summed E-state index contributed by atoms with van der Waals surface area (Å²) < 4.78 is 5.70. The molecule has 1 fully saturated rings. The zero-order chi connectivity index (χ0) is 15.7. The minimum atomic E-state index is -0.447. The van der Waals surface area contributed by atoms with Crippen LogP contribution in [0.4, 0.5) is 0 Å². The van der Waals surface area contributed by atoms with Crippen molar-refractivity contribution in [2.75, 3.05) is 13.2 Å². The summed E-state index contributed by atoms with van der Waals surface area (Å²) in [6.45, 7) is 14.8. The molecule has 4 nitrogen and oxygen atoms in total. The van der Waals surface area contributed by atoms with Crippen LogP contribution in [0.15, 0.2) is 0 Å². The van der Waals surface area contributed by atoms with E-state index in [9.17, 15) is 9.59 Å². The van der Waals surface area contributed by atoms with E-state index < -0.39 is 5.54 Å². The largest absolute Gasteiger partial charge is 0.377 e. The van der Waals surface area contributed by atoms with Crippen LogP contribution in [0, 0.1) is 11.3 Å². The van der Waals surface area contributed by atoms with Crippen LogP contribution in [0.2, 0.25) is 0 Å². The van der Waals surface area contributed by atoms with Crippen molar-refractivity contribution in [3.8, 4) is 0 Å². The number of Topliss-reactive ketones (excluding diaryl/α,β-unsaturated/α-hetero) is 1. The fraction of sp³-hybridized carbons (Fsp3) is 0.875. The Morgan fingerprint density at radius 1 is 1.35 bits per heavy atom. The highest BCUT2D eigenvalue weighted by molar-refractivity contribution is 6.36. The lowest BCUT2D eigenvalue weighted by atomic mass is 9.78. The van der Waals surface area contributed by atoms with E-state index in [4.69, 9.17) is 4.74 Å². The third-order valence-electron chi connectivity index (χ3n) is 4.46. The molecule has 20 heavy (non-hydrogen) atoms. The molecule has 1 heterocycles. The van der Waals surface area contributed by atoms with Crippen LogP contribution in [-0.4, -0.2) is 41.4 Å². The minimum Gasteiger partial charge on any atom is -0.377 e. The molecule has 116 valence electrons. The number of carbonyl (C=O) groups excluding carboxylic acids is 2. The van der Waals surface area contributed by atoms with Crippen molar-refractivity contribution < 1.29 is 14.3 Å². The Morgan fingerprint density at radius 2 is 1.90 bits per heavy atom. The van der Waals surface area contributed by atoms with Crippen molar-refractivity contribution in [2.45, 2.75) is 66.5 Å². The van der Waals surface area contributed by atoms with Gasteiger partial charge in [-0.3, -0.25) is 9.59 Å². The van der Waals surface area contributed by atoms with Crippen LogP contribution >= 0.6 is 0 Å². The fourth-order valence-corrected chi connectivity index (χ4v) is 2.58. The highest BCUT2D eigenvalue weighted by Crippen LogP contribution is 2.36. The summed E-state index contributed by atoms with van der Waals surface area (Å²) in [4.78, 5) is 26.6. The standard InChI is InChI=1S/C16H29NO3/c1-8-15(4,5)12-9-20-10-16(6,7)17(12)14(19)13(18)11(2)3/h11-12H,8-10H2,1-7H3. The first-order chi connectivity index (χ1) is 9.04. The molecule has 1 saturated heterocycles. The number of rotatable bonds is 4. The first-order valence-corrected chi connectivity index (χ1v) is 7.50. The van der Waals surface area contributed by atoms with E-state index in [1.807, 2.05) is 13.8 Å². The summed E-state index contributed by atoms with van der Waals surface area (Å²) in [5.41, 5.74) is -0.526. The quantitative estimate of drug-likeness (QED) is 0.745. The van der Waals surface area contributed by atoms with Gasteiger partial charge in [0, 0.05) is 5.92 Å². The molecule has 0 saturated carbocycles. The average molecular weight is 283 g/mol. The summed E-state index contributed by atoms with van der Waals surface area (Å²) in [7, 11) is 0. The normalized spacial score (nSPS) is 23.0. The second-order valence-corrected chi connectivity index (χ2v) is 7.38. The molecule has 0 N–H and O–H groups in total. The molecular formula is C16H29NO3. The van der Waals surface area contributed by atoms with Gasteiger partial charge >= 0.3 is 0 Å². The maximum absolute atomic E-state index is 12.6. The molecule has 1 aliphatic heterocycles. The van der Waals surface area contributed by atoms with Gasteiger partial charge in [0.2, 0.25) is 5.78 Å². The molecule has 1 rings (SSSR count). The van der Waals surface area contributed by atoms with Gasteiger partial charge in [-0.05, 0) is 25.7 Å². The SMILES string of the molecule is CCC(C)(C)C1COCC(C)(C)N1C(=O)C(=O)C(C)C. The Bertz CT molecular complexity index is 385. The zero-order valence-electron chi connectivity index (χ0n) is 13.9. The Morgan fingerprint density at radius 3 is 2.35 bits per heavy atom. The van der Waals surface area contributed by atoms with Gasteiger partial charge in [0.25, 0.3) is 5.91 Å². The number of ketones is 1. The smallest absolute Gasteiger partial charge is 0.291 e. The van der Waals surface area contributed by atoms with Crippen molar-refractivity contribution in [1.29, 1.82) is 0 Å². The number of morpholine rings is 1. The second-order valence-electron chi connectivity index (χ2n) is 7.38. The van der Waals surface area contributed by atoms with Crippen LogP contribution in [0.5, 0.6) is 0 Å². The number of hydrogen-bond acceptors (Lipinski definition) is 3. The lowest BCUT2D eigenvalue weighted by molar-refractivity contribution is -0.170. The molecular weight excluding hydrogens is 254 g/mol. The Balaban J connectivity index is 3.17. The second kappa shape index (κ2) is 5.84. The van der Waals surface area contributed by atoms with Crippen molar-refractivity contribution in [3.63, 3.8) is 0 Å². The molecule has 0 spiro atoms. The Hall–Kier alpha value is -0.900. The average Bonchev–Trinajstić information content (AvgIpc) is 2.35. The third-order valence-corrected chi connectivity index (χ3v) is 4.46. The van der Waals surface area contributed by atoms with E-state index in [1.54, 1.807) is 18.7 Å². The zero-order valence-corrected chi connectivity index (χ0v) is 13.9. The van der Waals surface area contributed by atoms with Gasteiger partial charge in [-0.2, -0.15) is 0 Å². The van der Waals surface area contributed by atoms with Gasteiger partial charge in [-0.25, -0.2) is 0 Å². The molecule has 0 aromatic rings. The number of carbonyl (C=O) groups is 2. The monoisotopic (exact) mass is 283 g/mol. The summed E-state index contributed by atoms with van der Waals surface area (Å²) in [6, 6.07) is -0.0635. The fourth-order valence-electron chi connectivity index (χ4n) is 2.58. The molecule has 1 amide bonds. The van der Waals surface area contributed by atoms with E-state index in [1.165, 1.54) is 0 Å². The Kier molecular flexibility index (Phi) is 5.01. The highest BCUT2D eigenvalue weighted by atomic mass is 16.5. The van der Waals surface area contributed by atoms with Crippen LogP contribution in [0.25, 0.3) is 0 Å². The van der Waals surface area contributed by atoms with Crippen molar-refractivity contribution >= 4 is 11.7 Å². The molecule has 1 atom stereocenters. The van der Waals surface area contributed by atoms with Crippen LogP contribution in [0.1, 0.15) is 54.9 Å². The van der Waals surface area contributed by atoms with E-state index in [-0.39, 0.29) is 29.1 Å². The lowest BCUT2D eigenvalue weighted by Gasteiger charge is -2.52. The predicted octanol–water partition coefficient (Wildman–Crippen LogP) is 2.65. The van der Waals surface area contributed by atoms with E-state index >= 15 is 0 Å². The van der Waals surface area contributed by atoms with E-state index in [2.05, 4.69) is 20.8 Å². The van der Waals surface area contributed by atoms with E-state index in [0.717, 1.165) is 6.42 Å². The van der Waals surface area contributed by atoms with Gasteiger partial charge in [-0.1, -0.05) is 34.6 Å². The first-order valence-electron chi connectivity index (χ1n) is 7.50. The Labute approximate surface area is 122 Å². The molecule has 1 aliphatic rings. The number of hydrogen-bond donors (Lipinski definition) is 0. The summed E-state index contributed by atoms with van der Waals surface area (Å²) in [5, 5.41) is 0. The van der Waals surface area contributed by atoms with Crippen molar-refractivity contribution in [2.24, 2.45) is 11.3 Å². The molecule has 0 aromatic heterocycles. The highest BCUT2D eigenvalue weighted by Gasteiger charge is 2.47. The molecule has 0 radical (unpaired) electrons. The topological polar surface area (TPSA) is 46.6 Å². The molecule has 0 aliphatic carbocycles. The maximum Gasteiger partial charge on any atom is 0.291 e. The van der Waals surface area contributed by atoms with Gasteiger partial charge in [0.05, 0.1) is 24.8 Å². The third kappa shape index (κ3) is 3.22. The van der Waals surface area contributed by atoms with Gasteiger partial charge in [0.1, 0.15) is 0 Å². The summed E-state index contributed by atoms with van der Waals surface area (Å²) in [6.07, 6.45) is 0.927. The van der Waals surface area contributed by atoms with E-state index in [0.29, 0.717) is 13.2 Å². The number of nitrogens with zero attached hydrogens (tertiary/aromatic N) is 1. The van der Waals surface area contributed by atoms with Crippen molar-refractivity contribution in [3.05, 3.63) is 0 Å².